The minimum absolute atomic E-state index is 0.0645. The fraction of sp³-hybridized carbons (Fsp3) is 0.727. The first-order chi connectivity index (χ1) is 6.94. The van der Waals surface area contributed by atoms with Crippen LogP contribution < -0.4 is 5.32 Å². The van der Waals surface area contributed by atoms with Crippen molar-refractivity contribution in [2.45, 2.75) is 39.8 Å². The summed E-state index contributed by atoms with van der Waals surface area (Å²) in [6.45, 7) is 9.32. The molecule has 0 aromatic carbocycles. The van der Waals surface area contributed by atoms with Gasteiger partial charge in [-0.1, -0.05) is 0 Å². The number of methoxy groups -OCH3 is 1. The standard InChI is InChI=1S/C11H20N2O2/c1-8-9(2)15-10(13-8)6-12-11(3,4)7-14-5/h12H,6-7H2,1-5H3. The van der Waals surface area contributed by atoms with E-state index in [9.17, 15) is 0 Å². The molecule has 86 valence electrons. The van der Waals surface area contributed by atoms with Crippen LogP contribution >= 0.6 is 0 Å². The second kappa shape index (κ2) is 4.77. The molecular formula is C11H20N2O2. The molecule has 0 amide bonds. The smallest absolute Gasteiger partial charge is 0.208 e. The van der Waals surface area contributed by atoms with Crippen LogP contribution in [0.15, 0.2) is 4.42 Å². The zero-order valence-corrected chi connectivity index (χ0v) is 10.2. The summed E-state index contributed by atoms with van der Waals surface area (Å²) in [5, 5.41) is 3.34. The number of hydrogen-bond acceptors (Lipinski definition) is 4. The van der Waals surface area contributed by atoms with Crippen LogP contribution in [0, 0.1) is 13.8 Å². The summed E-state index contributed by atoms with van der Waals surface area (Å²) >= 11 is 0. The van der Waals surface area contributed by atoms with E-state index in [1.54, 1.807) is 7.11 Å². The molecule has 0 aliphatic heterocycles. The van der Waals surface area contributed by atoms with Gasteiger partial charge in [-0.25, -0.2) is 4.98 Å². The number of rotatable bonds is 5. The molecule has 0 unspecified atom stereocenters. The molecule has 0 aliphatic rings. The highest BCUT2D eigenvalue weighted by atomic mass is 16.5. The predicted molar refractivity (Wildman–Crippen MR) is 58.8 cm³/mol. The maximum absolute atomic E-state index is 5.47. The number of nitrogens with one attached hydrogen (secondary N) is 1. The summed E-state index contributed by atoms with van der Waals surface area (Å²) in [7, 11) is 1.70. The number of aromatic nitrogens is 1. The topological polar surface area (TPSA) is 47.3 Å². The molecule has 0 saturated heterocycles. The Morgan fingerprint density at radius 1 is 1.40 bits per heavy atom. The molecule has 1 aromatic heterocycles. The highest BCUT2D eigenvalue weighted by Crippen LogP contribution is 2.10. The number of aryl methyl sites for hydroxylation is 2. The summed E-state index contributed by atoms with van der Waals surface area (Å²) in [6.07, 6.45) is 0. The van der Waals surface area contributed by atoms with Gasteiger partial charge in [0.25, 0.3) is 0 Å². The number of hydrogen-bond donors (Lipinski definition) is 1. The molecule has 0 bridgehead atoms. The zero-order chi connectivity index (χ0) is 11.5. The van der Waals surface area contributed by atoms with Crippen molar-refractivity contribution in [1.29, 1.82) is 0 Å². The normalized spacial score (nSPS) is 12.1. The van der Waals surface area contributed by atoms with Crippen molar-refractivity contribution < 1.29 is 9.15 Å². The van der Waals surface area contributed by atoms with Crippen molar-refractivity contribution >= 4 is 0 Å². The predicted octanol–water partition coefficient (Wildman–Crippen LogP) is 1.81. The van der Waals surface area contributed by atoms with Crippen LogP contribution in [0.3, 0.4) is 0 Å². The fourth-order valence-electron chi connectivity index (χ4n) is 1.34. The van der Waals surface area contributed by atoms with E-state index in [0.29, 0.717) is 13.2 Å². The van der Waals surface area contributed by atoms with Crippen molar-refractivity contribution in [3.63, 3.8) is 0 Å². The Morgan fingerprint density at radius 3 is 2.53 bits per heavy atom. The highest BCUT2D eigenvalue weighted by molar-refractivity contribution is 5.05. The molecule has 0 fully saturated rings. The van der Waals surface area contributed by atoms with E-state index >= 15 is 0 Å². The van der Waals surface area contributed by atoms with E-state index in [1.165, 1.54) is 0 Å². The first-order valence-electron chi connectivity index (χ1n) is 5.11. The molecule has 4 nitrogen and oxygen atoms in total. The Kier molecular flexibility index (Phi) is 3.88. The van der Waals surface area contributed by atoms with E-state index in [-0.39, 0.29) is 5.54 Å². The van der Waals surface area contributed by atoms with Crippen molar-refractivity contribution in [2.75, 3.05) is 13.7 Å². The third kappa shape index (κ3) is 3.64. The van der Waals surface area contributed by atoms with Crippen LogP contribution in [0.5, 0.6) is 0 Å². The lowest BCUT2D eigenvalue weighted by Gasteiger charge is -2.24. The van der Waals surface area contributed by atoms with Crippen molar-refractivity contribution in [3.8, 4) is 0 Å². The lowest BCUT2D eigenvalue weighted by molar-refractivity contribution is 0.126. The molecule has 0 saturated carbocycles. The van der Waals surface area contributed by atoms with Crippen molar-refractivity contribution in [1.82, 2.24) is 10.3 Å². The van der Waals surface area contributed by atoms with Gasteiger partial charge in [-0.15, -0.1) is 0 Å². The van der Waals surface area contributed by atoms with Gasteiger partial charge in [0.1, 0.15) is 5.76 Å². The summed E-state index contributed by atoms with van der Waals surface area (Å²) in [4.78, 5) is 4.30. The summed E-state index contributed by atoms with van der Waals surface area (Å²) < 4.78 is 10.6. The molecule has 1 heterocycles. The minimum Gasteiger partial charge on any atom is -0.444 e. The molecule has 0 spiro atoms. The first-order valence-corrected chi connectivity index (χ1v) is 5.11. The lowest BCUT2D eigenvalue weighted by Crippen LogP contribution is -2.42. The Hall–Kier alpha value is -0.870. The summed E-state index contributed by atoms with van der Waals surface area (Å²) in [5.74, 6) is 1.62. The second-order valence-electron chi connectivity index (χ2n) is 4.42. The summed E-state index contributed by atoms with van der Waals surface area (Å²) in [6, 6.07) is 0. The Balaban J connectivity index is 2.49. The van der Waals surface area contributed by atoms with Gasteiger partial charge in [0.05, 0.1) is 18.8 Å². The molecule has 0 radical (unpaired) electrons. The monoisotopic (exact) mass is 212 g/mol. The van der Waals surface area contributed by atoms with Gasteiger partial charge in [0.15, 0.2) is 0 Å². The number of ether oxygens (including phenoxy) is 1. The van der Waals surface area contributed by atoms with Crippen LogP contribution in [0.25, 0.3) is 0 Å². The molecule has 4 heteroatoms. The van der Waals surface area contributed by atoms with E-state index in [1.807, 2.05) is 13.8 Å². The summed E-state index contributed by atoms with van der Waals surface area (Å²) in [5.41, 5.74) is 0.890. The Labute approximate surface area is 91.0 Å². The van der Waals surface area contributed by atoms with Gasteiger partial charge in [-0.3, -0.25) is 0 Å². The van der Waals surface area contributed by atoms with Crippen LogP contribution in [0.4, 0.5) is 0 Å². The maximum Gasteiger partial charge on any atom is 0.208 e. The maximum atomic E-state index is 5.47. The van der Waals surface area contributed by atoms with Gasteiger partial charge in [0, 0.05) is 12.6 Å². The fourth-order valence-corrected chi connectivity index (χ4v) is 1.34. The van der Waals surface area contributed by atoms with Gasteiger partial charge < -0.3 is 14.5 Å². The largest absolute Gasteiger partial charge is 0.444 e. The molecule has 1 N–H and O–H groups in total. The van der Waals surface area contributed by atoms with Crippen molar-refractivity contribution in [3.05, 3.63) is 17.3 Å². The molecule has 0 aliphatic carbocycles. The van der Waals surface area contributed by atoms with Gasteiger partial charge >= 0.3 is 0 Å². The third-order valence-corrected chi connectivity index (χ3v) is 2.30. The molecular weight excluding hydrogens is 192 g/mol. The minimum atomic E-state index is -0.0645. The van der Waals surface area contributed by atoms with Crippen LogP contribution in [-0.2, 0) is 11.3 Å². The van der Waals surface area contributed by atoms with Gasteiger partial charge in [-0.05, 0) is 27.7 Å². The average Bonchev–Trinajstić information content (AvgIpc) is 2.44. The van der Waals surface area contributed by atoms with E-state index < -0.39 is 0 Å². The highest BCUT2D eigenvalue weighted by Gasteiger charge is 2.17. The lowest BCUT2D eigenvalue weighted by atomic mass is 10.1. The van der Waals surface area contributed by atoms with Gasteiger partial charge in [-0.2, -0.15) is 0 Å². The average molecular weight is 212 g/mol. The molecule has 15 heavy (non-hydrogen) atoms. The van der Waals surface area contributed by atoms with E-state index in [4.69, 9.17) is 9.15 Å². The molecule has 1 aromatic rings. The number of nitrogens with zero attached hydrogens (tertiary/aromatic N) is 1. The quantitative estimate of drug-likeness (QED) is 0.808. The zero-order valence-electron chi connectivity index (χ0n) is 10.2. The molecule has 1 rings (SSSR count). The van der Waals surface area contributed by atoms with Crippen molar-refractivity contribution in [2.24, 2.45) is 0 Å². The van der Waals surface area contributed by atoms with Gasteiger partial charge in [0.2, 0.25) is 5.89 Å². The van der Waals surface area contributed by atoms with Crippen LogP contribution in [0.2, 0.25) is 0 Å². The van der Waals surface area contributed by atoms with E-state index in [0.717, 1.165) is 17.3 Å². The van der Waals surface area contributed by atoms with Crippen LogP contribution in [0.1, 0.15) is 31.2 Å². The second-order valence-corrected chi connectivity index (χ2v) is 4.42. The third-order valence-electron chi connectivity index (χ3n) is 2.30. The Morgan fingerprint density at radius 2 is 2.07 bits per heavy atom. The molecule has 0 atom stereocenters. The SMILES string of the molecule is COCC(C)(C)NCc1nc(C)c(C)o1. The van der Waals surface area contributed by atoms with Crippen LogP contribution in [-0.4, -0.2) is 24.2 Å². The Bertz CT molecular complexity index is 299. The van der Waals surface area contributed by atoms with E-state index in [2.05, 4.69) is 24.1 Å². The number of oxazole rings is 1. The first kappa shape index (κ1) is 12.2.